The maximum absolute atomic E-state index is 11.0. The summed E-state index contributed by atoms with van der Waals surface area (Å²) in [4.78, 5) is 21.7. The number of nitrogens with zero attached hydrogens (tertiary/aromatic N) is 4. The van der Waals surface area contributed by atoms with Crippen molar-refractivity contribution in [3.05, 3.63) is 36.2 Å². The molecule has 23 heavy (non-hydrogen) atoms. The molecule has 0 atom stereocenters. The summed E-state index contributed by atoms with van der Waals surface area (Å²) in [5.74, 6) is -0.579. The van der Waals surface area contributed by atoms with Crippen LogP contribution in [0.3, 0.4) is 0 Å². The van der Waals surface area contributed by atoms with Gasteiger partial charge in [0, 0.05) is 17.6 Å². The number of carbonyl (C=O) groups excluding carboxylic acids is 1. The number of amides is 1. The van der Waals surface area contributed by atoms with E-state index in [1.54, 1.807) is 0 Å². The number of aromatic carboxylic acids is 1. The normalized spacial score (nSPS) is 11.1. The van der Waals surface area contributed by atoms with Crippen LogP contribution in [0.1, 0.15) is 30.2 Å². The minimum Gasteiger partial charge on any atom is -0.478 e. The molecule has 118 valence electrons. The van der Waals surface area contributed by atoms with Gasteiger partial charge in [-0.3, -0.25) is 9.48 Å². The molecule has 0 aliphatic heterocycles. The molecule has 0 spiro atoms. The first kappa shape index (κ1) is 14.8. The molecule has 1 amide bonds. The highest BCUT2D eigenvalue weighted by Crippen LogP contribution is 2.27. The van der Waals surface area contributed by atoms with Crippen molar-refractivity contribution in [2.45, 2.75) is 19.9 Å². The predicted molar refractivity (Wildman–Crippen MR) is 83.9 cm³/mol. The fourth-order valence-electron chi connectivity index (χ4n) is 2.40. The molecule has 0 saturated carbocycles. The fraction of sp³-hybridized carbons (Fsp3) is 0.200. The van der Waals surface area contributed by atoms with Gasteiger partial charge < -0.3 is 10.4 Å². The molecule has 0 fully saturated rings. The van der Waals surface area contributed by atoms with Gasteiger partial charge in [-0.25, -0.2) is 9.48 Å². The number of fused-ring (bicyclic) bond motifs is 1. The van der Waals surface area contributed by atoms with E-state index in [9.17, 15) is 9.59 Å². The van der Waals surface area contributed by atoms with Gasteiger partial charge in [0.15, 0.2) is 5.82 Å². The number of anilines is 1. The van der Waals surface area contributed by atoms with E-state index in [-0.39, 0.29) is 11.6 Å². The second-order valence-electron chi connectivity index (χ2n) is 5.33. The van der Waals surface area contributed by atoms with E-state index in [1.165, 1.54) is 17.1 Å². The Morgan fingerprint density at radius 3 is 2.78 bits per heavy atom. The van der Waals surface area contributed by atoms with Crippen molar-refractivity contribution in [2.75, 3.05) is 5.32 Å². The van der Waals surface area contributed by atoms with Gasteiger partial charge in [-0.2, -0.15) is 10.2 Å². The lowest BCUT2D eigenvalue weighted by Gasteiger charge is -2.07. The van der Waals surface area contributed by atoms with E-state index >= 15 is 0 Å². The van der Waals surface area contributed by atoms with Gasteiger partial charge in [-0.15, -0.1) is 0 Å². The number of carbonyl (C=O) groups is 2. The van der Waals surface area contributed by atoms with Crippen LogP contribution in [-0.4, -0.2) is 37.0 Å². The van der Waals surface area contributed by atoms with Crippen molar-refractivity contribution in [3.63, 3.8) is 0 Å². The zero-order chi connectivity index (χ0) is 16.6. The standard InChI is InChI=1S/C15H15N5O3/c1-9(2)20-13-4-3-11(5-12(13)14(18-20)16-8-21)19-7-10(6-17-19)15(22)23/h3-9H,1-2H3,(H,22,23)(H,16,18,21). The molecule has 0 saturated heterocycles. The molecule has 3 rings (SSSR count). The quantitative estimate of drug-likeness (QED) is 0.702. The average Bonchev–Trinajstić information content (AvgIpc) is 3.12. The van der Waals surface area contributed by atoms with Crippen molar-refractivity contribution >= 4 is 29.1 Å². The van der Waals surface area contributed by atoms with Crippen LogP contribution in [0.15, 0.2) is 30.6 Å². The zero-order valence-electron chi connectivity index (χ0n) is 12.6. The molecular weight excluding hydrogens is 298 g/mol. The lowest BCUT2D eigenvalue weighted by Crippen LogP contribution is -2.03. The van der Waals surface area contributed by atoms with E-state index in [0.29, 0.717) is 17.9 Å². The maximum atomic E-state index is 11.0. The van der Waals surface area contributed by atoms with E-state index in [2.05, 4.69) is 15.5 Å². The van der Waals surface area contributed by atoms with Gasteiger partial charge in [0.2, 0.25) is 6.41 Å². The summed E-state index contributed by atoms with van der Waals surface area (Å²) in [6.45, 7) is 4.00. The summed E-state index contributed by atoms with van der Waals surface area (Å²) >= 11 is 0. The Balaban J connectivity index is 2.14. The minimum absolute atomic E-state index is 0.106. The summed E-state index contributed by atoms with van der Waals surface area (Å²) in [6.07, 6.45) is 3.30. The maximum Gasteiger partial charge on any atom is 0.338 e. The van der Waals surface area contributed by atoms with Gasteiger partial charge in [0.1, 0.15) is 0 Å². The van der Waals surface area contributed by atoms with E-state index in [0.717, 1.165) is 10.9 Å². The van der Waals surface area contributed by atoms with Crippen LogP contribution in [0.25, 0.3) is 16.6 Å². The second-order valence-corrected chi connectivity index (χ2v) is 5.33. The van der Waals surface area contributed by atoms with Gasteiger partial charge in [-0.05, 0) is 32.0 Å². The van der Waals surface area contributed by atoms with E-state index in [1.807, 2.05) is 36.7 Å². The largest absolute Gasteiger partial charge is 0.478 e. The van der Waals surface area contributed by atoms with Gasteiger partial charge in [0.25, 0.3) is 0 Å². The van der Waals surface area contributed by atoms with Crippen molar-refractivity contribution in [2.24, 2.45) is 0 Å². The third-order valence-electron chi connectivity index (χ3n) is 3.47. The first-order valence-corrected chi connectivity index (χ1v) is 7.02. The van der Waals surface area contributed by atoms with Crippen molar-refractivity contribution in [3.8, 4) is 5.69 Å². The molecule has 1 aromatic carbocycles. The Morgan fingerprint density at radius 1 is 1.39 bits per heavy atom. The Bertz CT molecular complexity index is 894. The lowest BCUT2D eigenvalue weighted by atomic mass is 10.2. The van der Waals surface area contributed by atoms with Gasteiger partial charge in [0.05, 0.1) is 23.0 Å². The molecule has 0 radical (unpaired) electrons. The molecule has 0 bridgehead atoms. The van der Waals surface area contributed by atoms with Crippen LogP contribution in [0.4, 0.5) is 5.82 Å². The van der Waals surface area contributed by atoms with Crippen LogP contribution >= 0.6 is 0 Å². The monoisotopic (exact) mass is 313 g/mol. The Labute approximate surface area is 131 Å². The molecule has 2 N–H and O–H groups in total. The van der Waals surface area contributed by atoms with Crippen molar-refractivity contribution < 1.29 is 14.7 Å². The number of aromatic nitrogens is 4. The van der Waals surface area contributed by atoms with Crippen LogP contribution in [0, 0.1) is 0 Å². The Kier molecular flexibility index (Phi) is 3.57. The highest BCUT2D eigenvalue weighted by atomic mass is 16.4. The summed E-state index contributed by atoms with van der Waals surface area (Å²) in [5, 5.41) is 20.8. The van der Waals surface area contributed by atoms with Crippen LogP contribution in [0.2, 0.25) is 0 Å². The first-order chi connectivity index (χ1) is 11.0. The lowest BCUT2D eigenvalue weighted by molar-refractivity contribution is -0.105. The zero-order valence-corrected chi connectivity index (χ0v) is 12.6. The molecule has 0 unspecified atom stereocenters. The summed E-state index contributed by atoms with van der Waals surface area (Å²) < 4.78 is 3.29. The molecule has 3 aromatic rings. The highest BCUT2D eigenvalue weighted by molar-refractivity contribution is 5.95. The number of hydrogen-bond acceptors (Lipinski definition) is 4. The van der Waals surface area contributed by atoms with Crippen molar-refractivity contribution in [1.82, 2.24) is 19.6 Å². The number of carboxylic acids is 1. The topological polar surface area (TPSA) is 102 Å². The highest BCUT2D eigenvalue weighted by Gasteiger charge is 2.14. The number of carboxylic acid groups (broad SMARTS) is 1. The molecule has 2 aromatic heterocycles. The molecule has 8 heteroatoms. The van der Waals surface area contributed by atoms with E-state index < -0.39 is 5.97 Å². The molecule has 2 heterocycles. The van der Waals surface area contributed by atoms with Crippen LogP contribution in [0.5, 0.6) is 0 Å². The fourth-order valence-corrected chi connectivity index (χ4v) is 2.40. The van der Waals surface area contributed by atoms with Crippen LogP contribution in [-0.2, 0) is 4.79 Å². The van der Waals surface area contributed by atoms with Gasteiger partial charge in [-0.1, -0.05) is 0 Å². The van der Waals surface area contributed by atoms with Gasteiger partial charge >= 0.3 is 5.97 Å². The summed E-state index contributed by atoms with van der Waals surface area (Å²) in [5.41, 5.74) is 1.66. The summed E-state index contributed by atoms with van der Waals surface area (Å²) in [7, 11) is 0. The van der Waals surface area contributed by atoms with E-state index in [4.69, 9.17) is 5.11 Å². The predicted octanol–water partition coefficient (Wildman–Crippen LogP) is 2.07. The average molecular weight is 313 g/mol. The van der Waals surface area contributed by atoms with Crippen molar-refractivity contribution in [1.29, 1.82) is 0 Å². The third kappa shape index (κ3) is 2.54. The molecular formula is C15H15N5O3. The number of rotatable bonds is 5. The van der Waals surface area contributed by atoms with Crippen LogP contribution < -0.4 is 5.32 Å². The molecule has 0 aliphatic carbocycles. The Morgan fingerprint density at radius 2 is 2.17 bits per heavy atom. The number of nitrogens with one attached hydrogen (secondary N) is 1. The smallest absolute Gasteiger partial charge is 0.338 e. The first-order valence-electron chi connectivity index (χ1n) is 7.02. The third-order valence-corrected chi connectivity index (χ3v) is 3.47. The number of benzene rings is 1. The number of hydrogen-bond donors (Lipinski definition) is 2. The summed E-state index contributed by atoms with van der Waals surface area (Å²) in [6, 6.07) is 5.64. The minimum atomic E-state index is -1.03. The molecule has 0 aliphatic rings. The second kappa shape index (κ2) is 5.56. The Hall–Kier alpha value is -3.16. The SMILES string of the molecule is CC(C)n1nc(NC=O)c2cc(-n3cc(C(=O)O)cn3)ccc21. The molecule has 8 nitrogen and oxygen atoms in total.